The van der Waals surface area contributed by atoms with Crippen LogP contribution in [0, 0.1) is 0 Å². The molecule has 8 aromatic rings. The van der Waals surface area contributed by atoms with E-state index in [4.69, 9.17) is 0 Å². The number of benzene rings is 6. The summed E-state index contributed by atoms with van der Waals surface area (Å²) in [5.41, 5.74) is 6.04. The van der Waals surface area contributed by atoms with Crippen molar-refractivity contribution < 1.29 is 0 Å². The van der Waals surface area contributed by atoms with Gasteiger partial charge in [0.25, 0.3) is 0 Å². The smallest absolute Gasteiger partial charge is 0.0640 e. The summed E-state index contributed by atoms with van der Waals surface area (Å²) in [4.78, 5) is 2.46. The van der Waals surface area contributed by atoms with E-state index in [9.17, 15) is 0 Å². The Balaban J connectivity index is 1.40. The number of anilines is 3. The maximum absolute atomic E-state index is 2.46. The first-order valence-corrected chi connectivity index (χ1v) is 14.7. The van der Waals surface area contributed by atoms with E-state index < -0.39 is 0 Å². The fourth-order valence-corrected chi connectivity index (χ4v) is 8.07. The summed E-state index contributed by atoms with van der Waals surface area (Å²) in [5.74, 6) is 0. The molecule has 0 unspecified atom stereocenters. The van der Waals surface area contributed by atoms with Crippen LogP contribution in [0.3, 0.4) is 0 Å². The van der Waals surface area contributed by atoms with Crippen molar-refractivity contribution in [2.75, 3.05) is 4.90 Å². The van der Waals surface area contributed by atoms with Crippen molar-refractivity contribution in [3.05, 3.63) is 140 Å². The van der Waals surface area contributed by atoms with Crippen molar-refractivity contribution >= 4 is 80.1 Å². The van der Waals surface area contributed by atoms with Gasteiger partial charge in [0.15, 0.2) is 0 Å². The Hall–Kier alpha value is -4.44. The predicted molar refractivity (Wildman–Crippen MR) is 172 cm³/mol. The lowest BCUT2D eigenvalue weighted by atomic mass is 10.0. The molecule has 2 aromatic heterocycles. The molecule has 0 aliphatic carbocycles. The van der Waals surface area contributed by atoms with Crippen LogP contribution in [0.15, 0.2) is 140 Å². The lowest BCUT2D eigenvalue weighted by Crippen LogP contribution is -2.10. The lowest BCUT2D eigenvalue weighted by molar-refractivity contribution is 1.32. The van der Waals surface area contributed by atoms with E-state index in [1.807, 2.05) is 22.7 Å². The highest BCUT2D eigenvalue weighted by atomic mass is 32.1. The Labute approximate surface area is 234 Å². The van der Waals surface area contributed by atoms with Gasteiger partial charge in [-0.1, -0.05) is 103 Å². The van der Waals surface area contributed by atoms with Crippen molar-refractivity contribution in [1.29, 1.82) is 0 Å². The Kier molecular flexibility index (Phi) is 5.25. The van der Waals surface area contributed by atoms with Gasteiger partial charge in [0.1, 0.15) is 0 Å². The van der Waals surface area contributed by atoms with E-state index in [2.05, 4.69) is 144 Å². The largest absolute Gasteiger partial charge is 0.308 e. The minimum absolute atomic E-state index is 1.16. The van der Waals surface area contributed by atoms with Crippen LogP contribution in [-0.2, 0) is 0 Å². The van der Waals surface area contributed by atoms with Gasteiger partial charge in [-0.2, -0.15) is 0 Å². The van der Waals surface area contributed by atoms with Gasteiger partial charge in [-0.15, -0.1) is 22.7 Å². The zero-order valence-corrected chi connectivity index (χ0v) is 22.7. The molecule has 0 N–H and O–H groups in total. The van der Waals surface area contributed by atoms with Crippen molar-refractivity contribution in [2.24, 2.45) is 0 Å². The molecule has 3 heteroatoms. The second-order valence-electron chi connectivity index (χ2n) is 9.75. The molecule has 0 saturated heterocycles. The second kappa shape index (κ2) is 9.09. The standard InChI is InChI=1S/C36H23NS2/c1-2-10-24(11-3-1)25-20-22-26(23-21-25)37(31-16-8-14-29-27-12-4-6-18-33(27)38-35(29)31)32-17-9-15-30-28-13-5-7-19-34(28)39-36(30)32/h1-23H. The predicted octanol–water partition coefficient (Wildman–Crippen LogP) is 11.6. The molecule has 2 heterocycles. The van der Waals surface area contributed by atoms with Crippen LogP contribution in [0.4, 0.5) is 17.1 Å². The van der Waals surface area contributed by atoms with Crippen molar-refractivity contribution in [3.8, 4) is 11.1 Å². The van der Waals surface area contributed by atoms with E-state index in [1.165, 1.54) is 62.8 Å². The number of thiophene rings is 2. The van der Waals surface area contributed by atoms with Crippen LogP contribution in [0.2, 0.25) is 0 Å². The molecule has 0 bridgehead atoms. The lowest BCUT2D eigenvalue weighted by Gasteiger charge is -2.27. The summed E-state index contributed by atoms with van der Waals surface area (Å²) >= 11 is 3.76. The number of hydrogen-bond acceptors (Lipinski definition) is 3. The summed E-state index contributed by atoms with van der Waals surface area (Å²) < 4.78 is 5.26. The molecule has 0 atom stereocenters. The number of fused-ring (bicyclic) bond motifs is 6. The molecule has 8 rings (SSSR count). The minimum atomic E-state index is 1.16. The zero-order chi connectivity index (χ0) is 25.8. The molecule has 0 amide bonds. The first-order chi connectivity index (χ1) is 19.3. The molecular weight excluding hydrogens is 511 g/mol. The van der Waals surface area contributed by atoms with Crippen molar-refractivity contribution in [3.63, 3.8) is 0 Å². The first-order valence-electron chi connectivity index (χ1n) is 13.1. The van der Waals surface area contributed by atoms with Crippen LogP contribution < -0.4 is 4.90 Å². The molecule has 0 radical (unpaired) electrons. The molecular formula is C36H23NS2. The van der Waals surface area contributed by atoms with Gasteiger partial charge in [-0.05, 0) is 47.5 Å². The van der Waals surface area contributed by atoms with E-state index >= 15 is 0 Å². The Bertz CT molecular complexity index is 2000. The topological polar surface area (TPSA) is 3.24 Å². The van der Waals surface area contributed by atoms with Crippen LogP contribution in [0.5, 0.6) is 0 Å². The number of nitrogens with zero attached hydrogens (tertiary/aromatic N) is 1. The Morgan fingerprint density at radius 1 is 0.359 bits per heavy atom. The fraction of sp³-hybridized carbons (Fsp3) is 0. The van der Waals surface area contributed by atoms with E-state index in [0.29, 0.717) is 0 Å². The normalized spacial score (nSPS) is 11.6. The van der Waals surface area contributed by atoms with Crippen LogP contribution in [0.25, 0.3) is 51.5 Å². The number of hydrogen-bond donors (Lipinski definition) is 0. The van der Waals surface area contributed by atoms with Crippen LogP contribution in [-0.4, -0.2) is 0 Å². The second-order valence-corrected chi connectivity index (χ2v) is 11.9. The first kappa shape index (κ1) is 22.5. The monoisotopic (exact) mass is 533 g/mol. The SMILES string of the molecule is c1ccc(-c2ccc(N(c3cccc4c3sc3ccccc34)c3cccc4c3sc3ccccc34)cc2)cc1. The third-order valence-corrected chi connectivity index (χ3v) is 9.90. The summed E-state index contributed by atoms with van der Waals surface area (Å²) in [5, 5.41) is 5.25. The molecule has 0 saturated carbocycles. The number of rotatable bonds is 4. The van der Waals surface area contributed by atoms with Gasteiger partial charge in [-0.3, -0.25) is 0 Å². The van der Waals surface area contributed by atoms with E-state index in [1.54, 1.807) is 0 Å². The quantitative estimate of drug-likeness (QED) is 0.217. The van der Waals surface area contributed by atoms with Gasteiger partial charge >= 0.3 is 0 Å². The molecule has 6 aromatic carbocycles. The van der Waals surface area contributed by atoms with Gasteiger partial charge in [0.05, 0.1) is 20.8 Å². The molecule has 0 spiro atoms. The minimum Gasteiger partial charge on any atom is -0.308 e. The average Bonchev–Trinajstić information content (AvgIpc) is 3.58. The maximum atomic E-state index is 2.46. The van der Waals surface area contributed by atoms with Crippen LogP contribution in [0.1, 0.15) is 0 Å². The molecule has 0 aliphatic rings. The van der Waals surface area contributed by atoms with Crippen LogP contribution >= 0.6 is 22.7 Å². The molecule has 184 valence electrons. The van der Waals surface area contributed by atoms with Gasteiger partial charge in [-0.25, -0.2) is 0 Å². The van der Waals surface area contributed by atoms with E-state index in [-0.39, 0.29) is 0 Å². The van der Waals surface area contributed by atoms with Gasteiger partial charge in [0, 0.05) is 36.6 Å². The van der Waals surface area contributed by atoms with E-state index in [0.717, 1.165) is 5.69 Å². The summed E-state index contributed by atoms with van der Waals surface area (Å²) in [7, 11) is 0. The maximum Gasteiger partial charge on any atom is 0.0640 e. The van der Waals surface area contributed by atoms with Crippen molar-refractivity contribution in [2.45, 2.75) is 0 Å². The summed E-state index contributed by atoms with van der Waals surface area (Å²) in [6.45, 7) is 0. The van der Waals surface area contributed by atoms with Crippen molar-refractivity contribution in [1.82, 2.24) is 0 Å². The van der Waals surface area contributed by atoms with Gasteiger partial charge in [0.2, 0.25) is 0 Å². The highest BCUT2D eigenvalue weighted by Gasteiger charge is 2.21. The molecule has 39 heavy (non-hydrogen) atoms. The van der Waals surface area contributed by atoms with Gasteiger partial charge < -0.3 is 4.90 Å². The highest BCUT2D eigenvalue weighted by molar-refractivity contribution is 7.27. The Morgan fingerprint density at radius 3 is 1.38 bits per heavy atom. The average molecular weight is 534 g/mol. The Morgan fingerprint density at radius 2 is 0.821 bits per heavy atom. The third-order valence-electron chi connectivity index (χ3n) is 7.48. The summed E-state index contributed by atoms with van der Waals surface area (Å²) in [6, 6.07) is 50.6. The molecule has 0 aliphatic heterocycles. The molecule has 0 fully saturated rings. The fourth-order valence-electron chi connectivity index (χ4n) is 5.66. The zero-order valence-electron chi connectivity index (χ0n) is 21.0. The third kappa shape index (κ3) is 3.66. The highest BCUT2D eigenvalue weighted by Crippen LogP contribution is 2.48. The summed E-state index contributed by atoms with van der Waals surface area (Å²) in [6.07, 6.45) is 0. The molecule has 1 nitrogen and oxygen atoms in total.